The SMILES string of the molecule is CC(C)=CCCC(C)CCC=O. The van der Waals surface area contributed by atoms with Gasteiger partial charge in [0.25, 0.3) is 0 Å². The average Bonchev–Trinajstić information content (AvgIpc) is 2.00. The van der Waals surface area contributed by atoms with Crippen LogP contribution < -0.4 is 0 Å². The van der Waals surface area contributed by atoms with E-state index in [0.29, 0.717) is 5.92 Å². The lowest BCUT2D eigenvalue weighted by atomic mass is 10.00. The van der Waals surface area contributed by atoms with Crippen LogP contribution in [0.3, 0.4) is 0 Å². The van der Waals surface area contributed by atoms with Gasteiger partial charge in [0, 0.05) is 6.42 Å². The van der Waals surface area contributed by atoms with Crippen LogP contribution in [0.5, 0.6) is 0 Å². The first-order valence-electron chi connectivity index (χ1n) is 4.73. The molecule has 0 amide bonds. The molecule has 0 rings (SSSR count). The Morgan fingerprint density at radius 3 is 2.33 bits per heavy atom. The van der Waals surface area contributed by atoms with Crippen LogP contribution in [0.1, 0.15) is 46.5 Å². The van der Waals surface area contributed by atoms with Gasteiger partial charge in [-0.3, -0.25) is 0 Å². The van der Waals surface area contributed by atoms with Crippen LogP contribution in [0.15, 0.2) is 11.6 Å². The molecule has 0 aliphatic heterocycles. The molecule has 0 aromatic rings. The molecule has 0 aliphatic rings. The maximum Gasteiger partial charge on any atom is 0.120 e. The van der Waals surface area contributed by atoms with E-state index in [1.165, 1.54) is 12.0 Å². The molecule has 70 valence electrons. The molecular weight excluding hydrogens is 148 g/mol. The minimum atomic E-state index is 0.686. The summed E-state index contributed by atoms with van der Waals surface area (Å²) in [7, 11) is 0. The van der Waals surface area contributed by atoms with E-state index in [9.17, 15) is 4.79 Å². The van der Waals surface area contributed by atoms with Crippen molar-refractivity contribution in [1.82, 2.24) is 0 Å². The zero-order valence-corrected chi connectivity index (χ0v) is 8.47. The van der Waals surface area contributed by atoms with Crippen LogP contribution in [-0.2, 0) is 4.79 Å². The molecule has 0 saturated carbocycles. The standard InChI is InChI=1S/C11H20O/c1-10(2)6-4-7-11(3)8-5-9-12/h6,9,11H,4-5,7-8H2,1-3H3. The second kappa shape index (κ2) is 7.08. The van der Waals surface area contributed by atoms with Gasteiger partial charge in [0.2, 0.25) is 0 Å². The first kappa shape index (κ1) is 11.4. The van der Waals surface area contributed by atoms with Crippen molar-refractivity contribution in [2.24, 2.45) is 5.92 Å². The third kappa shape index (κ3) is 7.52. The summed E-state index contributed by atoms with van der Waals surface area (Å²) in [5.74, 6) is 0.686. The zero-order chi connectivity index (χ0) is 9.40. The number of carbonyl (C=O) groups is 1. The Labute approximate surface area is 75.9 Å². The number of allylic oxidation sites excluding steroid dienone is 2. The molecule has 1 unspecified atom stereocenters. The van der Waals surface area contributed by atoms with Gasteiger partial charge in [-0.25, -0.2) is 0 Å². The highest BCUT2D eigenvalue weighted by Gasteiger charge is 1.99. The molecule has 1 atom stereocenters. The number of hydrogen-bond donors (Lipinski definition) is 0. The van der Waals surface area contributed by atoms with E-state index in [-0.39, 0.29) is 0 Å². The monoisotopic (exact) mass is 168 g/mol. The molecule has 0 saturated heterocycles. The van der Waals surface area contributed by atoms with E-state index in [2.05, 4.69) is 26.8 Å². The lowest BCUT2D eigenvalue weighted by Gasteiger charge is -2.06. The summed E-state index contributed by atoms with van der Waals surface area (Å²) in [6.45, 7) is 6.45. The summed E-state index contributed by atoms with van der Waals surface area (Å²) >= 11 is 0. The molecule has 0 spiro atoms. The summed E-state index contributed by atoms with van der Waals surface area (Å²) in [6.07, 6.45) is 7.40. The quantitative estimate of drug-likeness (QED) is 0.439. The Bertz CT molecular complexity index is 143. The van der Waals surface area contributed by atoms with Crippen LogP contribution in [0.2, 0.25) is 0 Å². The fourth-order valence-corrected chi connectivity index (χ4v) is 1.15. The average molecular weight is 168 g/mol. The summed E-state index contributed by atoms with van der Waals surface area (Å²) in [5, 5.41) is 0. The fourth-order valence-electron chi connectivity index (χ4n) is 1.15. The van der Waals surface area contributed by atoms with Gasteiger partial charge in [0.05, 0.1) is 0 Å². The summed E-state index contributed by atoms with van der Waals surface area (Å²) in [4.78, 5) is 10.1. The van der Waals surface area contributed by atoms with Crippen molar-refractivity contribution < 1.29 is 4.79 Å². The highest BCUT2D eigenvalue weighted by Crippen LogP contribution is 2.12. The molecule has 0 aromatic heterocycles. The van der Waals surface area contributed by atoms with Gasteiger partial charge >= 0.3 is 0 Å². The van der Waals surface area contributed by atoms with Crippen molar-refractivity contribution in [3.8, 4) is 0 Å². The maximum absolute atomic E-state index is 10.1. The fraction of sp³-hybridized carbons (Fsp3) is 0.727. The Morgan fingerprint density at radius 1 is 1.25 bits per heavy atom. The van der Waals surface area contributed by atoms with Crippen molar-refractivity contribution in [2.75, 3.05) is 0 Å². The normalized spacial score (nSPS) is 12.2. The molecular formula is C11H20O. The van der Waals surface area contributed by atoms with Crippen molar-refractivity contribution >= 4 is 6.29 Å². The lowest BCUT2D eigenvalue weighted by molar-refractivity contribution is -0.108. The molecule has 0 radical (unpaired) electrons. The summed E-state index contributed by atoms with van der Waals surface area (Å²) in [5.41, 5.74) is 1.39. The molecule has 0 heterocycles. The lowest BCUT2D eigenvalue weighted by Crippen LogP contribution is -1.94. The van der Waals surface area contributed by atoms with E-state index in [1.54, 1.807) is 0 Å². The van der Waals surface area contributed by atoms with Gasteiger partial charge in [-0.2, -0.15) is 0 Å². The smallest absolute Gasteiger partial charge is 0.120 e. The van der Waals surface area contributed by atoms with Crippen molar-refractivity contribution in [3.05, 3.63) is 11.6 Å². The molecule has 1 nitrogen and oxygen atoms in total. The number of aldehydes is 1. The molecule has 0 N–H and O–H groups in total. The third-order valence-electron chi connectivity index (χ3n) is 1.99. The Morgan fingerprint density at radius 2 is 1.83 bits per heavy atom. The first-order chi connectivity index (χ1) is 5.66. The van der Waals surface area contributed by atoms with Gasteiger partial charge in [-0.15, -0.1) is 0 Å². The molecule has 0 bridgehead atoms. The van der Waals surface area contributed by atoms with Gasteiger partial charge in [0.15, 0.2) is 0 Å². The highest BCUT2D eigenvalue weighted by molar-refractivity contribution is 5.49. The molecule has 12 heavy (non-hydrogen) atoms. The van der Waals surface area contributed by atoms with Gasteiger partial charge in [-0.1, -0.05) is 18.6 Å². The number of carbonyl (C=O) groups excluding carboxylic acids is 1. The molecule has 0 aliphatic carbocycles. The predicted octanol–water partition coefficient (Wildman–Crippen LogP) is 3.35. The number of hydrogen-bond acceptors (Lipinski definition) is 1. The van der Waals surface area contributed by atoms with Gasteiger partial charge in [0.1, 0.15) is 6.29 Å². The Kier molecular flexibility index (Phi) is 6.73. The van der Waals surface area contributed by atoms with Crippen LogP contribution in [0.4, 0.5) is 0 Å². The van der Waals surface area contributed by atoms with Gasteiger partial charge in [-0.05, 0) is 39.0 Å². The van der Waals surface area contributed by atoms with Crippen LogP contribution in [0.25, 0.3) is 0 Å². The number of rotatable bonds is 6. The first-order valence-corrected chi connectivity index (χ1v) is 4.73. The van der Waals surface area contributed by atoms with Crippen LogP contribution in [-0.4, -0.2) is 6.29 Å². The maximum atomic E-state index is 10.1. The predicted molar refractivity (Wildman–Crippen MR) is 53.1 cm³/mol. The van der Waals surface area contributed by atoms with Crippen molar-refractivity contribution in [1.29, 1.82) is 0 Å². The highest BCUT2D eigenvalue weighted by atomic mass is 16.1. The summed E-state index contributed by atoms with van der Waals surface area (Å²) in [6, 6.07) is 0. The molecule has 0 aromatic carbocycles. The van der Waals surface area contributed by atoms with E-state index in [0.717, 1.165) is 25.5 Å². The molecule has 0 fully saturated rings. The van der Waals surface area contributed by atoms with Crippen molar-refractivity contribution in [3.63, 3.8) is 0 Å². The van der Waals surface area contributed by atoms with E-state index >= 15 is 0 Å². The largest absolute Gasteiger partial charge is 0.303 e. The second-order valence-corrected chi connectivity index (χ2v) is 3.71. The third-order valence-corrected chi connectivity index (χ3v) is 1.99. The van der Waals surface area contributed by atoms with Crippen LogP contribution in [0, 0.1) is 5.92 Å². The Balaban J connectivity index is 3.37. The minimum absolute atomic E-state index is 0.686. The second-order valence-electron chi connectivity index (χ2n) is 3.71. The van der Waals surface area contributed by atoms with E-state index in [4.69, 9.17) is 0 Å². The molecule has 1 heteroatoms. The van der Waals surface area contributed by atoms with Crippen molar-refractivity contribution in [2.45, 2.75) is 46.5 Å². The van der Waals surface area contributed by atoms with E-state index in [1.807, 2.05) is 0 Å². The topological polar surface area (TPSA) is 17.1 Å². The zero-order valence-electron chi connectivity index (χ0n) is 8.47. The van der Waals surface area contributed by atoms with Crippen LogP contribution >= 0.6 is 0 Å². The Hall–Kier alpha value is -0.590. The minimum Gasteiger partial charge on any atom is -0.303 e. The summed E-state index contributed by atoms with van der Waals surface area (Å²) < 4.78 is 0. The van der Waals surface area contributed by atoms with E-state index < -0.39 is 0 Å². The van der Waals surface area contributed by atoms with Gasteiger partial charge < -0.3 is 4.79 Å².